The van der Waals surface area contributed by atoms with Crippen molar-refractivity contribution < 1.29 is 28.0 Å². The summed E-state index contributed by atoms with van der Waals surface area (Å²) in [5.41, 5.74) is 3.06. The molecule has 4 aromatic carbocycles. The first-order valence-electron chi connectivity index (χ1n) is 12.0. The zero-order chi connectivity index (χ0) is 27.0. The quantitative estimate of drug-likeness (QED) is 0.230. The molecule has 196 valence electrons. The van der Waals surface area contributed by atoms with E-state index in [1.54, 1.807) is 38.5 Å². The smallest absolute Gasteiger partial charge is 0.497 e. The fourth-order valence-electron chi connectivity index (χ4n) is 4.31. The zero-order valence-corrected chi connectivity index (χ0v) is 23.5. The molecule has 0 fully saturated rings. The number of rotatable bonds is 6. The first-order chi connectivity index (χ1) is 18.9. The van der Waals surface area contributed by atoms with E-state index >= 15 is 0 Å². The topological polar surface area (TPSA) is 74.2 Å². The molecule has 0 saturated heterocycles. The van der Waals surface area contributed by atoms with Gasteiger partial charge < -0.3 is 18.5 Å². The lowest BCUT2D eigenvalue weighted by molar-refractivity contribution is 0.264. The summed E-state index contributed by atoms with van der Waals surface area (Å²) in [6.45, 7) is 0. The SMILES string of the molecule is COc1ccc2c(c1)Sc1ccccc1C=C2OP(=O)(O)OC1=Cc2ccccc2Sc2cc(OC)ccc21. The van der Waals surface area contributed by atoms with Gasteiger partial charge in [-0.05, 0) is 71.8 Å². The van der Waals surface area contributed by atoms with E-state index in [1.165, 1.54) is 23.5 Å². The van der Waals surface area contributed by atoms with Crippen molar-refractivity contribution >= 4 is 55.0 Å². The molecule has 6 rings (SSSR count). The lowest BCUT2D eigenvalue weighted by Crippen LogP contribution is -1.98. The Hall–Kier alpha value is -3.55. The van der Waals surface area contributed by atoms with Crippen LogP contribution in [0.1, 0.15) is 22.3 Å². The summed E-state index contributed by atoms with van der Waals surface area (Å²) in [7, 11) is -1.46. The van der Waals surface area contributed by atoms with Crippen molar-refractivity contribution in [1.82, 2.24) is 0 Å². The third kappa shape index (κ3) is 5.34. The lowest BCUT2D eigenvalue weighted by atomic mass is 10.1. The van der Waals surface area contributed by atoms with E-state index in [2.05, 4.69) is 0 Å². The number of phosphoric acid groups is 1. The van der Waals surface area contributed by atoms with Gasteiger partial charge in [-0.3, -0.25) is 4.89 Å². The average Bonchev–Trinajstić information content (AvgIpc) is 3.18. The molecule has 2 aliphatic rings. The van der Waals surface area contributed by atoms with E-state index in [1.807, 2.05) is 72.8 Å². The molecule has 0 aliphatic carbocycles. The first kappa shape index (κ1) is 25.7. The van der Waals surface area contributed by atoms with Gasteiger partial charge in [-0.1, -0.05) is 59.9 Å². The minimum Gasteiger partial charge on any atom is -0.497 e. The van der Waals surface area contributed by atoms with Crippen LogP contribution in [0.3, 0.4) is 0 Å². The van der Waals surface area contributed by atoms with E-state index in [0.29, 0.717) is 22.6 Å². The van der Waals surface area contributed by atoms with Crippen molar-refractivity contribution in [3.05, 3.63) is 107 Å². The van der Waals surface area contributed by atoms with Crippen molar-refractivity contribution in [3.8, 4) is 11.5 Å². The fourth-order valence-corrected chi connectivity index (χ4v) is 7.31. The van der Waals surface area contributed by atoms with Crippen LogP contribution < -0.4 is 9.47 Å². The molecule has 6 nitrogen and oxygen atoms in total. The van der Waals surface area contributed by atoms with Gasteiger partial charge in [0.1, 0.15) is 23.0 Å². The van der Waals surface area contributed by atoms with Crippen LogP contribution in [0.15, 0.2) is 105 Å². The van der Waals surface area contributed by atoms with Crippen LogP contribution >= 0.6 is 31.3 Å². The Labute approximate surface area is 234 Å². The summed E-state index contributed by atoms with van der Waals surface area (Å²) in [6, 6.07) is 26.6. The van der Waals surface area contributed by atoms with Gasteiger partial charge in [-0.15, -0.1) is 0 Å². The van der Waals surface area contributed by atoms with Crippen LogP contribution in [0.5, 0.6) is 11.5 Å². The summed E-state index contributed by atoms with van der Waals surface area (Å²) in [4.78, 5) is 14.8. The van der Waals surface area contributed by atoms with Crippen molar-refractivity contribution in [2.75, 3.05) is 14.2 Å². The van der Waals surface area contributed by atoms with E-state index in [0.717, 1.165) is 30.7 Å². The Morgan fingerprint density at radius 2 is 1.05 bits per heavy atom. The Morgan fingerprint density at radius 3 is 1.49 bits per heavy atom. The molecule has 0 saturated carbocycles. The lowest BCUT2D eigenvalue weighted by Gasteiger charge is -2.19. The highest BCUT2D eigenvalue weighted by molar-refractivity contribution is 7.99. The van der Waals surface area contributed by atoms with Gasteiger partial charge >= 0.3 is 7.82 Å². The van der Waals surface area contributed by atoms with E-state index in [9.17, 15) is 9.46 Å². The largest absolute Gasteiger partial charge is 0.584 e. The summed E-state index contributed by atoms with van der Waals surface area (Å²) < 4.78 is 36.1. The van der Waals surface area contributed by atoms with Crippen LogP contribution in [0.25, 0.3) is 23.7 Å². The molecule has 0 aromatic heterocycles. The third-order valence-corrected chi connectivity index (χ3v) is 9.34. The minimum absolute atomic E-state index is 0.231. The molecule has 9 heteroatoms. The molecule has 0 radical (unpaired) electrons. The van der Waals surface area contributed by atoms with Crippen LogP contribution in [-0.4, -0.2) is 19.1 Å². The molecular formula is C30H23O6PS2. The van der Waals surface area contributed by atoms with E-state index < -0.39 is 7.82 Å². The summed E-state index contributed by atoms with van der Waals surface area (Å²) >= 11 is 3.07. The monoisotopic (exact) mass is 574 g/mol. The molecule has 2 heterocycles. The van der Waals surface area contributed by atoms with Crippen molar-refractivity contribution in [1.29, 1.82) is 0 Å². The summed E-state index contributed by atoms with van der Waals surface area (Å²) in [6.07, 6.45) is 3.52. The summed E-state index contributed by atoms with van der Waals surface area (Å²) in [5, 5.41) is 0. The van der Waals surface area contributed by atoms with E-state index in [-0.39, 0.29) is 11.5 Å². The minimum atomic E-state index is -4.66. The second-order valence-electron chi connectivity index (χ2n) is 8.67. The number of benzene rings is 4. The second-order valence-corrected chi connectivity index (χ2v) is 12.1. The molecule has 39 heavy (non-hydrogen) atoms. The van der Waals surface area contributed by atoms with Crippen LogP contribution in [0.2, 0.25) is 0 Å². The van der Waals surface area contributed by atoms with Crippen LogP contribution in [0.4, 0.5) is 0 Å². The maximum Gasteiger partial charge on any atom is 0.584 e. The van der Waals surface area contributed by atoms with Gasteiger partial charge in [0.2, 0.25) is 0 Å². The summed E-state index contributed by atoms with van der Waals surface area (Å²) in [5.74, 6) is 1.82. The van der Waals surface area contributed by atoms with Gasteiger partial charge in [-0.2, -0.15) is 0 Å². The van der Waals surface area contributed by atoms with Gasteiger partial charge in [0.15, 0.2) is 0 Å². The van der Waals surface area contributed by atoms with Gasteiger partial charge in [0, 0.05) is 30.7 Å². The van der Waals surface area contributed by atoms with Crippen LogP contribution in [-0.2, 0) is 13.6 Å². The number of hydrogen-bond acceptors (Lipinski definition) is 7. The molecular weight excluding hydrogens is 551 g/mol. The molecule has 0 bridgehead atoms. The van der Waals surface area contributed by atoms with Gasteiger partial charge in [0.05, 0.1) is 14.2 Å². The molecule has 0 atom stereocenters. The number of methoxy groups -OCH3 is 2. The highest BCUT2D eigenvalue weighted by Crippen LogP contribution is 2.55. The Bertz CT molecular complexity index is 1580. The molecule has 0 spiro atoms. The number of ether oxygens (including phenoxy) is 2. The number of fused-ring (bicyclic) bond motifs is 4. The highest BCUT2D eigenvalue weighted by atomic mass is 32.2. The molecule has 1 N–H and O–H groups in total. The fraction of sp³-hybridized carbons (Fsp3) is 0.0667. The number of phosphoric ester groups is 1. The zero-order valence-electron chi connectivity index (χ0n) is 21.0. The van der Waals surface area contributed by atoms with Gasteiger partial charge in [-0.25, -0.2) is 4.57 Å². The molecule has 2 aliphatic heterocycles. The Balaban J connectivity index is 1.40. The highest BCUT2D eigenvalue weighted by Gasteiger charge is 2.32. The predicted octanol–water partition coefficient (Wildman–Crippen LogP) is 8.46. The standard InChI is InChI=1S/C30H23O6PS2/c1-33-21-11-13-23-25(15-19-7-3-5-9-27(19)38-29(23)17-21)35-37(31,32)36-26-16-20-8-4-6-10-28(20)39-30-18-22(34-2)12-14-24(26)30/h3-18H,1-2H3,(H,31,32). The van der Waals surface area contributed by atoms with Crippen LogP contribution in [0, 0.1) is 0 Å². The van der Waals surface area contributed by atoms with Crippen molar-refractivity contribution in [3.63, 3.8) is 0 Å². The average molecular weight is 575 g/mol. The molecule has 4 aromatic rings. The normalized spacial score (nSPS) is 13.7. The maximum absolute atomic E-state index is 13.6. The van der Waals surface area contributed by atoms with Crippen molar-refractivity contribution in [2.24, 2.45) is 0 Å². The predicted molar refractivity (Wildman–Crippen MR) is 155 cm³/mol. The Morgan fingerprint density at radius 1 is 0.615 bits per heavy atom. The third-order valence-electron chi connectivity index (χ3n) is 6.19. The molecule has 0 amide bonds. The van der Waals surface area contributed by atoms with Crippen molar-refractivity contribution in [2.45, 2.75) is 19.6 Å². The van der Waals surface area contributed by atoms with E-state index in [4.69, 9.17) is 18.5 Å². The molecule has 0 unspecified atom stereocenters. The van der Waals surface area contributed by atoms with Gasteiger partial charge in [0.25, 0.3) is 0 Å². The second kappa shape index (κ2) is 10.5. The maximum atomic E-state index is 13.6. The first-order valence-corrected chi connectivity index (χ1v) is 15.1. The Kier molecular flexibility index (Phi) is 6.95. The number of hydrogen-bond donors (Lipinski definition) is 1.